The average Bonchev–Trinajstić information content (AvgIpc) is 2.78. The topological polar surface area (TPSA) is 97.1 Å². The SMILES string of the molecule is O=C(Cn1cc(C(=O)O)nn1)NC1CCSCC1. The zero-order chi connectivity index (χ0) is 13.0. The minimum absolute atomic E-state index is 0.00389. The van der Waals surface area contributed by atoms with Gasteiger partial charge in [0, 0.05) is 6.04 Å². The van der Waals surface area contributed by atoms with Crippen molar-refractivity contribution < 1.29 is 14.7 Å². The Kier molecular flexibility index (Phi) is 4.19. The number of hydrogen-bond donors (Lipinski definition) is 2. The van der Waals surface area contributed by atoms with E-state index < -0.39 is 5.97 Å². The number of aromatic carboxylic acids is 1. The van der Waals surface area contributed by atoms with Crippen molar-refractivity contribution in [3.8, 4) is 0 Å². The summed E-state index contributed by atoms with van der Waals surface area (Å²) in [5.41, 5.74) is -0.156. The molecule has 2 N–H and O–H groups in total. The Morgan fingerprint density at radius 2 is 2.22 bits per heavy atom. The summed E-state index contributed by atoms with van der Waals surface area (Å²) in [5, 5.41) is 18.6. The van der Waals surface area contributed by atoms with E-state index >= 15 is 0 Å². The van der Waals surface area contributed by atoms with Gasteiger partial charge in [-0.3, -0.25) is 4.79 Å². The van der Waals surface area contributed by atoms with Crippen LogP contribution in [0.5, 0.6) is 0 Å². The zero-order valence-corrected chi connectivity index (χ0v) is 10.5. The summed E-state index contributed by atoms with van der Waals surface area (Å²) in [6.45, 7) is 0.00389. The number of aromatic nitrogens is 3. The highest BCUT2D eigenvalue weighted by atomic mass is 32.2. The Labute approximate surface area is 108 Å². The molecular weight excluding hydrogens is 256 g/mol. The van der Waals surface area contributed by atoms with Gasteiger partial charge in [0.1, 0.15) is 6.54 Å². The molecule has 2 heterocycles. The van der Waals surface area contributed by atoms with Gasteiger partial charge in [-0.05, 0) is 24.3 Å². The number of carbonyl (C=O) groups is 2. The van der Waals surface area contributed by atoms with Crippen LogP contribution in [-0.2, 0) is 11.3 Å². The summed E-state index contributed by atoms with van der Waals surface area (Å²) >= 11 is 1.89. The van der Waals surface area contributed by atoms with Crippen LogP contribution in [-0.4, -0.2) is 49.5 Å². The van der Waals surface area contributed by atoms with E-state index in [1.165, 1.54) is 10.9 Å². The molecule has 98 valence electrons. The van der Waals surface area contributed by atoms with E-state index in [1.807, 2.05) is 11.8 Å². The number of nitrogens with zero attached hydrogens (tertiary/aromatic N) is 3. The lowest BCUT2D eigenvalue weighted by Crippen LogP contribution is -2.39. The Morgan fingerprint density at radius 3 is 2.83 bits per heavy atom. The highest BCUT2D eigenvalue weighted by Crippen LogP contribution is 2.16. The summed E-state index contributed by atoms with van der Waals surface area (Å²) in [6.07, 6.45) is 3.21. The largest absolute Gasteiger partial charge is 0.476 e. The second kappa shape index (κ2) is 5.85. The van der Waals surface area contributed by atoms with Gasteiger partial charge in [0.15, 0.2) is 5.69 Å². The number of carboxylic acid groups (broad SMARTS) is 1. The quantitative estimate of drug-likeness (QED) is 0.798. The lowest BCUT2D eigenvalue weighted by Gasteiger charge is -2.22. The summed E-state index contributed by atoms with van der Waals surface area (Å²) in [5.74, 6) is 0.828. The number of rotatable bonds is 4. The van der Waals surface area contributed by atoms with E-state index in [0.29, 0.717) is 0 Å². The standard InChI is InChI=1S/C10H14N4O3S/c15-9(11-7-1-3-18-4-2-7)6-14-5-8(10(16)17)12-13-14/h5,7H,1-4,6H2,(H,11,15)(H,16,17). The molecule has 0 aromatic carbocycles. The van der Waals surface area contributed by atoms with E-state index in [-0.39, 0.29) is 24.2 Å². The van der Waals surface area contributed by atoms with Crippen molar-refractivity contribution in [1.82, 2.24) is 20.3 Å². The number of amides is 1. The minimum atomic E-state index is -1.15. The fraction of sp³-hybridized carbons (Fsp3) is 0.600. The van der Waals surface area contributed by atoms with Crippen molar-refractivity contribution in [2.75, 3.05) is 11.5 Å². The van der Waals surface area contributed by atoms with E-state index in [4.69, 9.17) is 5.11 Å². The molecule has 7 nitrogen and oxygen atoms in total. The first-order valence-corrected chi connectivity index (χ1v) is 6.81. The van der Waals surface area contributed by atoms with Gasteiger partial charge in [0.2, 0.25) is 5.91 Å². The molecule has 2 rings (SSSR count). The Morgan fingerprint density at radius 1 is 1.50 bits per heavy atom. The highest BCUT2D eigenvalue weighted by molar-refractivity contribution is 7.99. The Balaban J connectivity index is 1.84. The van der Waals surface area contributed by atoms with Crippen LogP contribution in [0.1, 0.15) is 23.3 Å². The normalized spacial score (nSPS) is 16.4. The van der Waals surface area contributed by atoms with E-state index in [9.17, 15) is 9.59 Å². The first-order valence-electron chi connectivity index (χ1n) is 5.65. The van der Waals surface area contributed by atoms with Crippen LogP contribution < -0.4 is 5.32 Å². The summed E-state index contributed by atoms with van der Waals surface area (Å²) < 4.78 is 1.23. The van der Waals surface area contributed by atoms with Crippen LogP contribution in [0.4, 0.5) is 0 Å². The van der Waals surface area contributed by atoms with Gasteiger partial charge in [-0.2, -0.15) is 11.8 Å². The molecule has 1 aromatic rings. The molecule has 8 heteroatoms. The summed E-state index contributed by atoms with van der Waals surface area (Å²) in [7, 11) is 0. The van der Waals surface area contributed by atoms with Crippen LogP contribution in [0.15, 0.2) is 6.20 Å². The van der Waals surface area contributed by atoms with Gasteiger partial charge in [-0.25, -0.2) is 9.48 Å². The predicted octanol–water partition coefficient (Wildman–Crippen LogP) is -0.0119. The van der Waals surface area contributed by atoms with Gasteiger partial charge in [-0.1, -0.05) is 5.21 Å². The third kappa shape index (κ3) is 3.46. The average molecular weight is 270 g/mol. The molecule has 1 saturated heterocycles. The van der Waals surface area contributed by atoms with E-state index in [1.54, 1.807) is 0 Å². The maximum absolute atomic E-state index is 11.7. The van der Waals surface area contributed by atoms with E-state index in [2.05, 4.69) is 15.6 Å². The minimum Gasteiger partial charge on any atom is -0.476 e. The Hall–Kier alpha value is -1.57. The smallest absolute Gasteiger partial charge is 0.358 e. The molecular formula is C10H14N4O3S. The number of carboxylic acids is 1. The van der Waals surface area contributed by atoms with Gasteiger partial charge in [0.05, 0.1) is 6.20 Å². The van der Waals surface area contributed by atoms with Crippen LogP contribution in [0, 0.1) is 0 Å². The lowest BCUT2D eigenvalue weighted by molar-refractivity contribution is -0.122. The molecule has 0 bridgehead atoms. The summed E-state index contributed by atoms with van der Waals surface area (Å²) in [4.78, 5) is 22.3. The molecule has 0 radical (unpaired) electrons. The maximum atomic E-state index is 11.7. The molecule has 1 amide bonds. The van der Waals surface area contributed by atoms with Crippen LogP contribution in [0.3, 0.4) is 0 Å². The van der Waals surface area contributed by atoms with Crippen molar-refractivity contribution >= 4 is 23.6 Å². The first kappa shape index (κ1) is 12.9. The number of thioether (sulfide) groups is 1. The molecule has 1 fully saturated rings. The lowest BCUT2D eigenvalue weighted by atomic mass is 10.1. The monoisotopic (exact) mass is 270 g/mol. The van der Waals surface area contributed by atoms with Crippen LogP contribution in [0.2, 0.25) is 0 Å². The van der Waals surface area contributed by atoms with Gasteiger partial charge in [0.25, 0.3) is 0 Å². The van der Waals surface area contributed by atoms with E-state index in [0.717, 1.165) is 24.3 Å². The molecule has 0 atom stereocenters. The van der Waals surface area contributed by atoms with Crippen molar-refractivity contribution in [2.24, 2.45) is 0 Å². The third-order valence-electron chi connectivity index (χ3n) is 2.65. The van der Waals surface area contributed by atoms with Gasteiger partial charge >= 0.3 is 5.97 Å². The van der Waals surface area contributed by atoms with Crippen molar-refractivity contribution in [2.45, 2.75) is 25.4 Å². The Bertz CT molecular complexity index is 442. The first-order chi connectivity index (χ1) is 8.65. The molecule has 1 aromatic heterocycles. The third-order valence-corrected chi connectivity index (χ3v) is 3.70. The fourth-order valence-electron chi connectivity index (χ4n) is 1.74. The van der Waals surface area contributed by atoms with Gasteiger partial charge < -0.3 is 10.4 Å². The summed E-state index contributed by atoms with van der Waals surface area (Å²) in [6, 6.07) is 0.223. The number of carbonyl (C=O) groups excluding carboxylic acids is 1. The number of nitrogens with one attached hydrogen (secondary N) is 1. The maximum Gasteiger partial charge on any atom is 0.358 e. The fourth-order valence-corrected chi connectivity index (χ4v) is 2.84. The molecule has 0 spiro atoms. The molecule has 0 saturated carbocycles. The molecule has 0 aliphatic carbocycles. The number of hydrogen-bond acceptors (Lipinski definition) is 5. The van der Waals surface area contributed by atoms with Crippen molar-refractivity contribution in [3.63, 3.8) is 0 Å². The molecule has 0 unspecified atom stereocenters. The molecule has 1 aliphatic heterocycles. The van der Waals surface area contributed by atoms with Crippen LogP contribution >= 0.6 is 11.8 Å². The van der Waals surface area contributed by atoms with Crippen molar-refractivity contribution in [3.05, 3.63) is 11.9 Å². The molecule has 1 aliphatic rings. The van der Waals surface area contributed by atoms with Crippen LogP contribution in [0.25, 0.3) is 0 Å². The zero-order valence-electron chi connectivity index (χ0n) is 9.70. The molecule has 18 heavy (non-hydrogen) atoms. The van der Waals surface area contributed by atoms with Gasteiger partial charge in [-0.15, -0.1) is 5.10 Å². The second-order valence-electron chi connectivity index (χ2n) is 4.06. The second-order valence-corrected chi connectivity index (χ2v) is 5.29. The highest BCUT2D eigenvalue weighted by Gasteiger charge is 2.17. The predicted molar refractivity (Wildman–Crippen MR) is 65.5 cm³/mol. The van der Waals surface area contributed by atoms with Crippen molar-refractivity contribution in [1.29, 1.82) is 0 Å².